The molecule has 0 fully saturated rings. The lowest BCUT2D eigenvalue weighted by molar-refractivity contribution is 0.102. The van der Waals surface area contributed by atoms with Crippen LogP contribution in [0.2, 0.25) is 0 Å². The van der Waals surface area contributed by atoms with Gasteiger partial charge in [-0.2, -0.15) is 0 Å². The molecule has 0 heterocycles. The van der Waals surface area contributed by atoms with Crippen LogP contribution >= 0.6 is 12.2 Å². The molecule has 21 heavy (non-hydrogen) atoms. The van der Waals surface area contributed by atoms with Crippen LogP contribution in [0, 0.1) is 5.82 Å². The Balaban J connectivity index is 2.27. The molecule has 5 N–H and O–H groups in total. The molecule has 0 unspecified atom stereocenters. The molecule has 7 heteroatoms. The van der Waals surface area contributed by atoms with Gasteiger partial charge in [-0.1, -0.05) is 12.2 Å². The SMILES string of the molecule is NC(=S)c1cc(NC(=O)c2ccc(O)cc2O)ccc1F. The van der Waals surface area contributed by atoms with Gasteiger partial charge in [0.05, 0.1) is 5.56 Å². The topological polar surface area (TPSA) is 95.6 Å². The molecule has 2 aromatic carbocycles. The minimum absolute atomic E-state index is 0.0118. The average Bonchev–Trinajstić information content (AvgIpc) is 2.40. The van der Waals surface area contributed by atoms with Gasteiger partial charge < -0.3 is 21.3 Å². The lowest BCUT2D eigenvalue weighted by Gasteiger charge is -2.09. The molecule has 0 aliphatic carbocycles. The Morgan fingerprint density at radius 3 is 2.48 bits per heavy atom. The predicted molar refractivity (Wildman–Crippen MR) is 80.0 cm³/mol. The molecular weight excluding hydrogens is 295 g/mol. The van der Waals surface area contributed by atoms with E-state index in [-0.39, 0.29) is 33.3 Å². The number of anilines is 1. The Hall–Kier alpha value is -2.67. The number of nitrogens with two attached hydrogens (primary N) is 1. The fourth-order valence-corrected chi connectivity index (χ4v) is 1.86. The second-order valence-corrected chi connectivity index (χ2v) is 4.65. The minimum atomic E-state index is -0.618. The highest BCUT2D eigenvalue weighted by Crippen LogP contribution is 2.24. The third-order valence-electron chi connectivity index (χ3n) is 2.72. The highest BCUT2D eigenvalue weighted by atomic mass is 32.1. The third-order valence-corrected chi connectivity index (χ3v) is 2.94. The smallest absolute Gasteiger partial charge is 0.259 e. The number of carbonyl (C=O) groups is 1. The molecule has 1 amide bonds. The number of benzene rings is 2. The zero-order valence-corrected chi connectivity index (χ0v) is 11.4. The molecule has 0 aliphatic heterocycles. The van der Waals surface area contributed by atoms with Gasteiger partial charge in [-0.15, -0.1) is 0 Å². The zero-order chi connectivity index (χ0) is 15.6. The number of thiocarbonyl (C=S) groups is 1. The van der Waals surface area contributed by atoms with E-state index < -0.39 is 11.7 Å². The lowest BCUT2D eigenvalue weighted by Crippen LogP contribution is -2.15. The predicted octanol–water partition coefficient (Wildman–Crippen LogP) is 2.12. The minimum Gasteiger partial charge on any atom is -0.508 e. The Bertz CT molecular complexity index is 734. The van der Waals surface area contributed by atoms with Crippen LogP contribution in [-0.4, -0.2) is 21.1 Å². The number of phenolic OH excluding ortho intramolecular Hbond substituents is 2. The number of rotatable bonds is 3. The van der Waals surface area contributed by atoms with Crippen LogP contribution < -0.4 is 11.1 Å². The van der Waals surface area contributed by atoms with Crippen LogP contribution in [0.1, 0.15) is 15.9 Å². The Labute approximate surface area is 124 Å². The fraction of sp³-hybridized carbons (Fsp3) is 0. The molecule has 2 rings (SSSR count). The zero-order valence-electron chi connectivity index (χ0n) is 10.6. The van der Waals surface area contributed by atoms with E-state index in [0.717, 1.165) is 12.1 Å². The van der Waals surface area contributed by atoms with Crippen LogP contribution in [-0.2, 0) is 0 Å². The van der Waals surface area contributed by atoms with Crippen molar-refractivity contribution in [3.05, 3.63) is 53.3 Å². The number of hydrogen-bond donors (Lipinski definition) is 4. The first-order valence-corrected chi connectivity index (χ1v) is 6.22. The van der Waals surface area contributed by atoms with Crippen LogP contribution in [0.25, 0.3) is 0 Å². The van der Waals surface area contributed by atoms with E-state index in [0.29, 0.717) is 0 Å². The van der Waals surface area contributed by atoms with Crippen molar-refractivity contribution < 1.29 is 19.4 Å². The van der Waals surface area contributed by atoms with Gasteiger partial charge in [0.25, 0.3) is 5.91 Å². The van der Waals surface area contributed by atoms with Crippen LogP contribution in [0.15, 0.2) is 36.4 Å². The first-order chi connectivity index (χ1) is 9.88. The maximum Gasteiger partial charge on any atom is 0.259 e. The van der Waals surface area contributed by atoms with Crippen molar-refractivity contribution in [3.8, 4) is 11.5 Å². The molecule has 0 atom stereocenters. The number of halogens is 1. The lowest BCUT2D eigenvalue weighted by atomic mass is 10.1. The number of carbonyl (C=O) groups excluding carboxylic acids is 1. The standard InChI is InChI=1S/C14H11FN2O3S/c15-11-4-1-7(5-10(11)13(16)21)17-14(20)9-3-2-8(18)6-12(9)19/h1-6,18-19H,(H2,16,21)(H,17,20). The quantitative estimate of drug-likeness (QED) is 0.652. The number of aromatic hydroxyl groups is 2. The normalized spacial score (nSPS) is 10.1. The summed E-state index contributed by atoms with van der Waals surface area (Å²) < 4.78 is 13.4. The Kier molecular flexibility index (Phi) is 4.04. The van der Waals surface area contributed by atoms with Gasteiger partial charge in [0.2, 0.25) is 0 Å². The van der Waals surface area contributed by atoms with E-state index in [1.807, 2.05) is 0 Å². The van der Waals surface area contributed by atoms with Crippen LogP contribution in [0.4, 0.5) is 10.1 Å². The molecule has 0 saturated heterocycles. The van der Waals surface area contributed by atoms with Crippen molar-refractivity contribution in [2.24, 2.45) is 5.73 Å². The molecule has 2 aromatic rings. The molecule has 0 bridgehead atoms. The van der Waals surface area contributed by atoms with E-state index in [9.17, 15) is 19.4 Å². The molecule has 0 aliphatic rings. The molecule has 0 spiro atoms. The summed E-state index contributed by atoms with van der Waals surface area (Å²) in [6.07, 6.45) is 0. The summed E-state index contributed by atoms with van der Waals surface area (Å²) in [6, 6.07) is 7.33. The first kappa shape index (κ1) is 14.7. The monoisotopic (exact) mass is 306 g/mol. The second kappa shape index (κ2) is 5.76. The highest BCUT2D eigenvalue weighted by molar-refractivity contribution is 7.80. The summed E-state index contributed by atoms with van der Waals surface area (Å²) in [5.74, 6) is -1.74. The molecular formula is C14H11FN2O3S. The number of amides is 1. The first-order valence-electron chi connectivity index (χ1n) is 5.81. The summed E-state index contributed by atoms with van der Waals surface area (Å²) >= 11 is 4.71. The van der Waals surface area contributed by atoms with Crippen molar-refractivity contribution in [1.29, 1.82) is 0 Å². The van der Waals surface area contributed by atoms with Gasteiger partial charge in [0.15, 0.2) is 0 Å². The van der Waals surface area contributed by atoms with Gasteiger partial charge in [-0.3, -0.25) is 4.79 Å². The van der Waals surface area contributed by atoms with Gasteiger partial charge in [-0.05, 0) is 30.3 Å². The summed E-state index contributed by atoms with van der Waals surface area (Å²) in [7, 11) is 0. The van der Waals surface area contributed by atoms with Crippen LogP contribution in [0.5, 0.6) is 11.5 Å². The number of phenols is 2. The van der Waals surface area contributed by atoms with Crippen molar-refractivity contribution in [2.75, 3.05) is 5.32 Å². The highest BCUT2D eigenvalue weighted by Gasteiger charge is 2.13. The molecule has 108 valence electrons. The second-order valence-electron chi connectivity index (χ2n) is 4.21. The van der Waals surface area contributed by atoms with Gasteiger partial charge >= 0.3 is 0 Å². The summed E-state index contributed by atoms with van der Waals surface area (Å²) in [5.41, 5.74) is 5.63. The summed E-state index contributed by atoms with van der Waals surface area (Å²) in [5, 5.41) is 21.3. The van der Waals surface area contributed by atoms with Crippen molar-refractivity contribution in [2.45, 2.75) is 0 Å². The van der Waals surface area contributed by atoms with E-state index >= 15 is 0 Å². The number of nitrogens with one attached hydrogen (secondary N) is 1. The van der Waals surface area contributed by atoms with E-state index in [2.05, 4.69) is 5.32 Å². The fourth-order valence-electron chi connectivity index (χ4n) is 1.70. The molecule has 0 aromatic heterocycles. The largest absolute Gasteiger partial charge is 0.508 e. The van der Waals surface area contributed by atoms with Gasteiger partial charge in [0, 0.05) is 17.3 Å². The third kappa shape index (κ3) is 3.26. The Morgan fingerprint density at radius 2 is 1.86 bits per heavy atom. The van der Waals surface area contributed by atoms with E-state index in [4.69, 9.17) is 18.0 Å². The molecule has 0 radical (unpaired) electrons. The van der Waals surface area contributed by atoms with Gasteiger partial charge in [0.1, 0.15) is 22.3 Å². The van der Waals surface area contributed by atoms with Crippen molar-refractivity contribution >= 4 is 28.8 Å². The Morgan fingerprint density at radius 1 is 1.14 bits per heavy atom. The molecule has 0 saturated carbocycles. The number of hydrogen-bond acceptors (Lipinski definition) is 4. The average molecular weight is 306 g/mol. The van der Waals surface area contributed by atoms with Crippen molar-refractivity contribution in [1.82, 2.24) is 0 Å². The maximum atomic E-state index is 13.4. The van der Waals surface area contributed by atoms with E-state index in [1.54, 1.807) is 0 Å². The van der Waals surface area contributed by atoms with Gasteiger partial charge in [-0.25, -0.2) is 4.39 Å². The summed E-state index contributed by atoms with van der Waals surface area (Å²) in [6.45, 7) is 0. The van der Waals surface area contributed by atoms with Crippen molar-refractivity contribution in [3.63, 3.8) is 0 Å². The summed E-state index contributed by atoms with van der Waals surface area (Å²) in [4.78, 5) is 11.9. The maximum absolute atomic E-state index is 13.4. The molecule has 5 nitrogen and oxygen atoms in total. The van der Waals surface area contributed by atoms with E-state index in [1.165, 1.54) is 24.3 Å². The van der Waals surface area contributed by atoms with Crippen LogP contribution in [0.3, 0.4) is 0 Å².